The lowest BCUT2D eigenvalue weighted by Gasteiger charge is -2.34. The Morgan fingerprint density at radius 3 is 2.87 bits per heavy atom. The van der Waals surface area contributed by atoms with Gasteiger partial charge >= 0.3 is 0 Å². The van der Waals surface area contributed by atoms with Crippen molar-refractivity contribution in [3.05, 3.63) is 23.2 Å². The predicted octanol–water partition coefficient (Wildman–Crippen LogP) is 2.63. The fraction of sp³-hybridized carbons (Fsp3) is 0.545. The highest BCUT2D eigenvalue weighted by atomic mass is 79.9. The van der Waals surface area contributed by atoms with Gasteiger partial charge in [0.05, 0.1) is 0 Å². The summed E-state index contributed by atoms with van der Waals surface area (Å²) in [4.78, 5) is 4.15. The van der Waals surface area contributed by atoms with Gasteiger partial charge in [0.15, 0.2) is 0 Å². The van der Waals surface area contributed by atoms with Crippen molar-refractivity contribution in [2.24, 2.45) is 11.1 Å². The SMILES string of the molecule is CC1(C)CCC(n2cnc(Br)c2)=CC1N. The minimum atomic E-state index is 0.127. The summed E-state index contributed by atoms with van der Waals surface area (Å²) in [7, 11) is 0. The van der Waals surface area contributed by atoms with Gasteiger partial charge in [-0.3, -0.25) is 0 Å². The second-order valence-corrected chi connectivity index (χ2v) is 5.59. The molecule has 0 bridgehead atoms. The normalized spacial score (nSPS) is 25.1. The molecule has 82 valence electrons. The number of imidazole rings is 1. The minimum Gasteiger partial charge on any atom is -0.324 e. The monoisotopic (exact) mass is 269 g/mol. The van der Waals surface area contributed by atoms with Crippen LogP contribution in [0.2, 0.25) is 0 Å². The molecular formula is C11H16BrN3. The molecule has 0 saturated heterocycles. The molecule has 0 aromatic carbocycles. The van der Waals surface area contributed by atoms with Crippen LogP contribution in [0.25, 0.3) is 5.70 Å². The number of halogens is 1. The molecule has 0 fully saturated rings. The highest BCUT2D eigenvalue weighted by molar-refractivity contribution is 9.10. The lowest BCUT2D eigenvalue weighted by molar-refractivity contribution is 0.290. The lowest BCUT2D eigenvalue weighted by atomic mass is 9.76. The fourth-order valence-corrected chi connectivity index (χ4v) is 2.12. The van der Waals surface area contributed by atoms with Crippen LogP contribution in [0.15, 0.2) is 23.2 Å². The summed E-state index contributed by atoms with van der Waals surface area (Å²) in [5, 5.41) is 0. The largest absolute Gasteiger partial charge is 0.324 e. The van der Waals surface area contributed by atoms with E-state index in [1.165, 1.54) is 5.70 Å². The van der Waals surface area contributed by atoms with E-state index in [1.807, 2.05) is 17.1 Å². The van der Waals surface area contributed by atoms with Crippen LogP contribution in [-0.2, 0) is 0 Å². The van der Waals surface area contributed by atoms with Crippen LogP contribution in [0.3, 0.4) is 0 Å². The summed E-state index contributed by atoms with van der Waals surface area (Å²) in [6.07, 6.45) is 8.12. The average molecular weight is 270 g/mol. The van der Waals surface area contributed by atoms with E-state index in [0.29, 0.717) is 0 Å². The Morgan fingerprint density at radius 2 is 2.33 bits per heavy atom. The number of hydrogen-bond donors (Lipinski definition) is 1. The van der Waals surface area contributed by atoms with Crippen LogP contribution >= 0.6 is 15.9 Å². The van der Waals surface area contributed by atoms with Crippen molar-refractivity contribution in [2.75, 3.05) is 0 Å². The molecule has 0 amide bonds. The van der Waals surface area contributed by atoms with E-state index in [4.69, 9.17) is 5.73 Å². The number of allylic oxidation sites excluding steroid dienone is 1. The molecule has 1 aromatic heterocycles. The Labute approximate surface area is 98.5 Å². The third-order valence-corrected chi connectivity index (χ3v) is 3.59. The zero-order valence-corrected chi connectivity index (χ0v) is 10.7. The average Bonchev–Trinajstić information content (AvgIpc) is 2.57. The van der Waals surface area contributed by atoms with Gasteiger partial charge in [-0.2, -0.15) is 0 Å². The molecule has 1 aliphatic rings. The van der Waals surface area contributed by atoms with E-state index in [1.54, 1.807) is 0 Å². The van der Waals surface area contributed by atoms with E-state index in [0.717, 1.165) is 17.4 Å². The third-order valence-electron chi connectivity index (χ3n) is 3.18. The van der Waals surface area contributed by atoms with Crippen molar-refractivity contribution < 1.29 is 0 Å². The maximum Gasteiger partial charge on any atom is 0.124 e. The summed E-state index contributed by atoms with van der Waals surface area (Å²) in [6.45, 7) is 4.43. The van der Waals surface area contributed by atoms with Gasteiger partial charge in [-0.25, -0.2) is 4.98 Å². The van der Waals surface area contributed by atoms with Gasteiger partial charge in [-0.05, 0) is 40.3 Å². The summed E-state index contributed by atoms with van der Waals surface area (Å²) in [5.74, 6) is 0. The number of nitrogens with two attached hydrogens (primary N) is 1. The summed E-state index contributed by atoms with van der Waals surface area (Å²) >= 11 is 3.35. The fourth-order valence-electron chi connectivity index (χ4n) is 1.80. The van der Waals surface area contributed by atoms with E-state index in [2.05, 4.69) is 40.8 Å². The second-order valence-electron chi connectivity index (χ2n) is 4.78. The van der Waals surface area contributed by atoms with Gasteiger partial charge in [0, 0.05) is 17.9 Å². The van der Waals surface area contributed by atoms with Crippen molar-refractivity contribution >= 4 is 21.6 Å². The number of rotatable bonds is 1. The maximum atomic E-state index is 6.13. The molecular weight excluding hydrogens is 254 g/mol. The van der Waals surface area contributed by atoms with Gasteiger partial charge < -0.3 is 10.3 Å². The Kier molecular flexibility index (Phi) is 2.73. The van der Waals surface area contributed by atoms with Crippen molar-refractivity contribution in [2.45, 2.75) is 32.7 Å². The molecule has 1 aliphatic carbocycles. The molecule has 0 radical (unpaired) electrons. The standard InChI is InChI=1S/C11H16BrN3/c1-11(2)4-3-8(5-9(11)13)15-6-10(12)14-7-15/h5-7,9H,3-4,13H2,1-2H3. The molecule has 3 nitrogen and oxygen atoms in total. The molecule has 0 saturated carbocycles. The van der Waals surface area contributed by atoms with Gasteiger partial charge in [0.2, 0.25) is 0 Å². The van der Waals surface area contributed by atoms with Crippen LogP contribution < -0.4 is 5.73 Å². The van der Waals surface area contributed by atoms with E-state index in [-0.39, 0.29) is 11.5 Å². The van der Waals surface area contributed by atoms with Crippen molar-refractivity contribution in [3.8, 4) is 0 Å². The van der Waals surface area contributed by atoms with Crippen LogP contribution in [-0.4, -0.2) is 15.6 Å². The van der Waals surface area contributed by atoms with E-state index in [9.17, 15) is 0 Å². The third kappa shape index (κ3) is 2.16. The van der Waals surface area contributed by atoms with Crippen molar-refractivity contribution in [1.29, 1.82) is 0 Å². The summed E-state index contributed by atoms with van der Waals surface area (Å²) in [5.41, 5.74) is 7.58. The Morgan fingerprint density at radius 1 is 1.60 bits per heavy atom. The summed E-state index contributed by atoms with van der Waals surface area (Å²) in [6, 6.07) is 0.127. The molecule has 0 spiro atoms. The molecule has 1 aromatic rings. The van der Waals surface area contributed by atoms with Gasteiger partial charge in [0.25, 0.3) is 0 Å². The molecule has 4 heteroatoms. The molecule has 1 atom stereocenters. The van der Waals surface area contributed by atoms with Crippen LogP contribution in [0, 0.1) is 5.41 Å². The maximum absolute atomic E-state index is 6.13. The second kappa shape index (κ2) is 3.76. The molecule has 1 heterocycles. The highest BCUT2D eigenvalue weighted by Gasteiger charge is 2.29. The highest BCUT2D eigenvalue weighted by Crippen LogP contribution is 2.35. The molecule has 15 heavy (non-hydrogen) atoms. The Hall–Kier alpha value is -0.610. The topological polar surface area (TPSA) is 43.8 Å². The summed E-state index contributed by atoms with van der Waals surface area (Å²) < 4.78 is 2.90. The van der Waals surface area contributed by atoms with E-state index >= 15 is 0 Å². The quantitative estimate of drug-likeness (QED) is 0.852. The van der Waals surface area contributed by atoms with Gasteiger partial charge in [-0.15, -0.1) is 0 Å². The first-order valence-corrected chi connectivity index (χ1v) is 5.94. The van der Waals surface area contributed by atoms with E-state index < -0.39 is 0 Å². The molecule has 2 rings (SSSR count). The van der Waals surface area contributed by atoms with Crippen LogP contribution in [0.4, 0.5) is 0 Å². The van der Waals surface area contributed by atoms with Gasteiger partial charge in [-0.1, -0.05) is 13.8 Å². The number of nitrogens with zero attached hydrogens (tertiary/aromatic N) is 2. The predicted molar refractivity (Wildman–Crippen MR) is 65.2 cm³/mol. The smallest absolute Gasteiger partial charge is 0.124 e. The number of aromatic nitrogens is 2. The van der Waals surface area contributed by atoms with Crippen molar-refractivity contribution in [1.82, 2.24) is 9.55 Å². The first-order valence-electron chi connectivity index (χ1n) is 5.15. The number of hydrogen-bond acceptors (Lipinski definition) is 2. The molecule has 0 aliphatic heterocycles. The Bertz CT molecular complexity index is 392. The first kappa shape index (κ1) is 10.9. The van der Waals surface area contributed by atoms with Gasteiger partial charge in [0.1, 0.15) is 10.9 Å². The zero-order chi connectivity index (χ0) is 11.1. The first-order chi connectivity index (χ1) is 6.99. The minimum absolute atomic E-state index is 0.127. The Balaban J connectivity index is 2.26. The zero-order valence-electron chi connectivity index (χ0n) is 9.07. The van der Waals surface area contributed by atoms with Crippen LogP contribution in [0.5, 0.6) is 0 Å². The molecule has 2 N–H and O–H groups in total. The molecule has 1 unspecified atom stereocenters. The lowest BCUT2D eigenvalue weighted by Crippen LogP contribution is -2.38. The van der Waals surface area contributed by atoms with Crippen molar-refractivity contribution in [3.63, 3.8) is 0 Å². The van der Waals surface area contributed by atoms with Crippen LogP contribution in [0.1, 0.15) is 26.7 Å².